The number of aromatic nitrogens is 1. The van der Waals surface area contributed by atoms with E-state index in [1.807, 2.05) is 6.20 Å². The normalized spacial score (nSPS) is 20.1. The summed E-state index contributed by atoms with van der Waals surface area (Å²) in [4.78, 5) is 23.5. The molecule has 1 saturated heterocycles. The van der Waals surface area contributed by atoms with Crippen molar-refractivity contribution in [3.8, 4) is 0 Å². The molecule has 1 atom stereocenters. The van der Waals surface area contributed by atoms with Crippen molar-refractivity contribution in [1.82, 2.24) is 14.8 Å². The van der Waals surface area contributed by atoms with Gasteiger partial charge in [0.15, 0.2) is 0 Å². The Morgan fingerprint density at radius 2 is 2.19 bits per heavy atom. The summed E-state index contributed by atoms with van der Waals surface area (Å²) >= 11 is 1.76. The molecule has 5 heteroatoms. The molecule has 27 heavy (non-hydrogen) atoms. The highest BCUT2D eigenvalue weighted by molar-refractivity contribution is 7.10. The smallest absolute Gasteiger partial charge is 0.254 e. The van der Waals surface area contributed by atoms with Crippen LogP contribution in [0.3, 0.4) is 0 Å². The van der Waals surface area contributed by atoms with Crippen molar-refractivity contribution < 1.29 is 4.79 Å². The van der Waals surface area contributed by atoms with E-state index < -0.39 is 0 Å². The number of aryl methyl sites for hydroxylation is 1. The van der Waals surface area contributed by atoms with Crippen LogP contribution in [0.2, 0.25) is 0 Å². The van der Waals surface area contributed by atoms with Crippen molar-refractivity contribution in [3.05, 3.63) is 51.0 Å². The van der Waals surface area contributed by atoms with Crippen molar-refractivity contribution in [2.24, 2.45) is 5.92 Å². The van der Waals surface area contributed by atoms with Crippen molar-refractivity contribution in [3.63, 3.8) is 0 Å². The van der Waals surface area contributed by atoms with E-state index >= 15 is 0 Å². The summed E-state index contributed by atoms with van der Waals surface area (Å²) in [5, 5.41) is 2.10. The molecule has 0 aliphatic carbocycles. The molecule has 4 heterocycles. The van der Waals surface area contributed by atoms with E-state index in [-0.39, 0.29) is 5.91 Å². The number of likely N-dealkylation sites (tertiary alicyclic amines) is 1. The molecule has 2 aromatic heterocycles. The number of hydrogen-bond acceptors (Lipinski definition) is 4. The fourth-order valence-electron chi connectivity index (χ4n) is 4.20. The van der Waals surface area contributed by atoms with Crippen molar-refractivity contribution in [2.45, 2.75) is 52.6 Å². The van der Waals surface area contributed by atoms with Crippen molar-refractivity contribution >= 4 is 17.2 Å². The third-order valence-electron chi connectivity index (χ3n) is 6.09. The van der Waals surface area contributed by atoms with Gasteiger partial charge in [-0.3, -0.25) is 14.7 Å². The van der Waals surface area contributed by atoms with Gasteiger partial charge in [-0.05, 0) is 42.4 Å². The number of amides is 1. The summed E-state index contributed by atoms with van der Waals surface area (Å²) in [6.45, 7) is 9.06. The molecule has 1 fully saturated rings. The minimum Gasteiger partial charge on any atom is -0.338 e. The Hall–Kier alpha value is -1.72. The van der Waals surface area contributed by atoms with Crippen LogP contribution in [-0.2, 0) is 25.9 Å². The van der Waals surface area contributed by atoms with Crippen LogP contribution in [0, 0.1) is 5.92 Å². The predicted molar refractivity (Wildman–Crippen MR) is 110 cm³/mol. The SMILES string of the molecule is CCc1ccc(CN2CCc3c(C(=O)N4CCC(CC)C4)csc3C2)nc1. The zero-order valence-electron chi connectivity index (χ0n) is 16.4. The molecule has 2 aliphatic rings. The summed E-state index contributed by atoms with van der Waals surface area (Å²) in [5.41, 5.74) is 4.69. The molecule has 0 N–H and O–H groups in total. The van der Waals surface area contributed by atoms with E-state index in [9.17, 15) is 4.79 Å². The fourth-order valence-corrected chi connectivity index (χ4v) is 5.32. The van der Waals surface area contributed by atoms with Crippen LogP contribution in [0.5, 0.6) is 0 Å². The Kier molecular flexibility index (Phi) is 5.60. The van der Waals surface area contributed by atoms with Gasteiger partial charge in [0.05, 0.1) is 11.3 Å². The van der Waals surface area contributed by atoms with Crippen molar-refractivity contribution in [1.29, 1.82) is 0 Å². The first-order chi connectivity index (χ1) is 13.2. The van der Waals surface area contributed by atoms with Gasteiger partial charge in [-0.15, -0.1) is 11.3 Å². The molecule has 144 valence electrons. The lowest BCUT2D eigenvalue weighted by Gasteiger charge is -2.27. The first kappa shape index (κ1) is 18.6. The maximum atomic E-state index is 13.0. The first-order valence-electron chi connectivity index (χ1n) is 10.2. The molecule has 0 radical (unpaired) electrons. The quantitative estimate of drug-likeness (QED) is 0.779. The highest BCUT2D eigenvalue weighted by Gasteiger charge is 2.30. The predicted octanol–water partition coefficient (Wildman–Crippen LogP) is 4.14. The highest BCUT2D eigenvalue weighted by atomic mass is 32.1. The second kappa shape index (κ2) is 8.11. The molecular formula is C22H29N3OS. The third kappa shape index (κ3) is 3.94. The van der Waals surface area contributed by atoms with Gasteiger partial charge in [0, 0.05) is 49.2 Å². The number of carbonyl (C=O) groups is 1. The van der Waals surface area contributed by atoms with E-state index in [2.05, 4.69) is 46.1 Å². The topological polar surface area (TPSA) is 36.4 Å². The van der Waals surface area contributed by atoms with Crippen LogP contribution in [0.15, 0.2) is 23.7 Å². The lowest BCUT2D eigenvalue weighted by Crippen LogP contribution is -2.32. The Morgan fingerprint density at radius 3 is 2.89 bits per heavy atom. The molecule has 0 saturated carbocycles. The molecular weight excluding hydrogens is 354 g/mol. The molecule has 2 aliphatic heterocycles. The average molecular weight is 384 g/mol. The van der Waals surface area contributed by atoms with Crippen LogP contribution < -0.4 is 0 Å². The van der Waals surface area contributed by atoms with Crippen LogP contribution >= 0.6 is 11.3 Å². The van der Waals surface area contributed by atoms with Crippen LogP contribution in [0.4, 0.5) is 0 Å². The number of nitrogens with zero attached hydrogens (tertiary/aromatic N) is 3. The van der Waals surface area contributed by atoms with Gasteiger partial charge >= 0.3 is 0 Å². The highest BCUT2D eigenvalue weighted by Crippen LogP contribution is 2.31. The van der Waals surface area contributed by atoms with Gasteiger partial charge in [0.2, 0.25) is 0 Å². The second-order valence-electron chi connectivity index (χ2n) is 7.84. The lowest BCUT2D eigenvalue weighted by molar-refractivity contribution is 0.0785. The van der Waals surface area contributed by atoms with E-state index in [1.165, 1.54) is 22.4 Å². The Balaban J connectivity index is 1.41. The minimum atomic E-state index is 0.258. The van der Waals surface area contributed by atoms with Gasteiger partial charge in [-0.25, -0.2) is 0 Å². The van der Waals surface area contributed by atoms with Crippen LogP contribution in [0.1, 0.15) is 58.7 Å². The Morgan fingerprint density at radius 1 is 1.30 bits per heavy atom. The number of pyridine rings is 1. The summed E-state index contributed by atoms with van der Waals surface area (Å²) in [5.74, 6) is 0.944. The Bertz CT molecular complexity index is 798. The number of thiophene rings is 1. The van der Waals surface area contributed by atoms with Crippen LogP contribution in [0.25, 0.3) is 0 Å². The second-order valence-corrected chi connectivity index (χ2v) is 8.80. The molecule has 0 spiro atoms. The number of rotatable bonds is 5. The number of hydrogen-bond donors (Lipinski definition) is 0. The van der Waals surface area contributed by atoms with Gasteiger partial charge in [0.1, 0.15) is 0 Å². The minimum absolute atomic E-state index is 0.258. The molecule has 4 nitrogen and oxygen atoms in total. The fraction of sp³-hybridized carbons (Fsp3) is 0.545. The largest absolute Gasteiger partial charge is 0.338 e. The average Bonchev–Trinajstić information content (AvgIpc) is 3.35. The molecule has 1 unspecified atom stereocenters. The van der Waals surface area contributed by atoms with Gasteiger partial charge in [0.25, 0.3) is 5.91 Å². The first-order valence-corrected chi connectivity index (χ1v) is 11.1. The van der Waals surface area contributed by atoms with E-state index in [0.29, 0.717) is 5.92 Å². The summed E-state index contributed by atoms with van der Waals surface area (Å²) < 4.78 is 0. The zero-order valence-corrected chi connectivity index (χ0v) is 17.2. The summed E-state index contributed by atoms with van der Waals surface area (Å²) in [6, 6.07) is 4.33. The lowest BCUT2D eigenvalue weighted by atomic mass is 10.0. The molecule has 4 rings (SSSR count). The maximum absolute atomic E-state index is 13.0. The zero-order chi connectivity index (χ0) is 18.8. The molecule has 1 amide bonds. The molecule has 2 aromatic rings. The summed E-state index contributed by atoms with van der Waals surface area (Å²) in [6.07, 6.45) is 6.33. The Labute approximate surface area is 166 Å². The van der Waals surface area contributed by atoms with E-state index in [4.69, 9.17) is 0 Å². The maximum Gasteiger partial charge on any atom is 0.254 e. The van der Waals surface area contributed by atoms with Crippen molar-refractivity contribution in [2.75, 3.05) is 19.6 Å². The number of fused-ring (bicyclic) bond motifs is 1. The standard InChI is InChI=1S/C22H29N3OS/c1-3-16-5-6-18(23-11-16)13-24-9-8-19-20(15-27-21(19)14-24)22(26)25-10-7-17(4-2)12-25/h5-6,11,15,17H,3-4,7-10,12-14H2,1-2H3. The number of carbonyl (C=O) groups excluding carboxylic acids is 1. The van der Waals surface area contributed by atoms with E-state index in [0.717, 1.165) is 63.2 Å². The molecule has 0 aromatic carbocycles. The monoisotopic (exact) mass is 383 g/mol. The van der Waals surface area contributed by atoms with Gasteiger partial charge in [-0.2, -0.15) is 0 Å². The third-order valence-corrected chi connectivity index (χ3v) is 7.10. The summed E-state index contributed by atoms with van der Waals surface area (Å²) in [7, 11) is 0. The van der Waals surface area contributed by atoms with E-state index in [1.54, 1.807) is 11.3 Å². The molecule has 0 bridgehead atoms. The van der Waals surface area contributed by atoms with Gasteiger partial charge < -0.3 is 4.90 Å². The van der Waals surface area contributed by atoms with Gasteiger partial charge in [-0.1, -0.05) is 26.3 Å². The van der Waals surface area contributed by atoms with Crippen LogP contribution in [-0.4, -0.2) is 40.3 Å².